The van der Waals surface area contributed by atoms with Gasteiger partial charge >= 0.3 is 0 Å². The lowest BCUT2D eigenvalue weighted by Crippen LogP contribution is -2.00. The van der Waals surface area contributed by atoms with E-state index in [1.807, 2.05) is 6.07 Å². The van der Waals surface area contributed by atoms with Crippen molar-refractivity contribution < 1.29 is 14.3 Å². The van der Waals surface area contributed by atoms with E-state index >= 15 is 0 Å². The molecular weight excluding hydrogens is 323 g/mol. The van der Waals surface area contributed by atoms with Gasteiger partial charge in [0.25, 0.3) is 0 Å². The Balaban J connectivity index is 2.15. The third-order valence-corrected chi connectivity index (χ3v) is 3.95. The van der Waals surface area contributed by atoms with Crippen molar-refractivity contribution in [2.75, 3.05) is 0 Å². The highest BCUT2D eigenvalue weighted by Gasteiger charge is 2.20. The van der Waals surface area contributed by atoms with Crippen molar-refractivity contribution in [1.29, 1.82) is 5.26 Å². The van der Waals surface area contributed by atoms with Crippen LogP contribution in [0.1, 0.15) is 27.0 Å². The van der Waals surface area contributed by atoms with Crippen LogP contribution in [0.2, 0.25) is 0 Å². The number of rotatable bonds is 3. The molecule has 0 aliphatic rings. The molecule has 6 nitrogen and oxygen atoms in total. The van der Waals surface area contributed by atoms with E-state index in [4.69, 9.17) is 5.26 Å². The fraction of sp³-hybridized carbons (Fsp3) is 0.111. The maximum absolute atomic E-state index is 14.3. The monoisotopic (exact) mass is 336 g/mol. The van der Waals surface area contributed by atoms with Gasteiger partial charge in [-0.1, -0.05) is 0 Å². The number of aromatic nitrogens is 3. The first-order chi connectivity index (χ1) is 12.0. The molecule has 0 radical (unpaired) electrons. The molecule has 0 aliphatic heterocycles. The zero-order valence-corrected chi connectivity index (χ0v) is 13.5. The number of pyridine rings is 1. The summed E-state index contributed by atoms with van der Waals surface area (Å²) >= 11 is 0. The van der Waals surface area contributed by atoms with E-state index in [0.29, 0.717) is 34.4 Å². The number of nitriles is 1. The van der Waals surface area contributed by atoms with Crippen LogP contribution in [0.4, 0.5) is 4.39 Å². The topological polar surface area (TPSA) is 91.8 Å². The lowest BCUT2D eigenvalue weighted by Gasteiger charge is -2.11. The second-order valence-corrected chi connectivity index (χ2v) is 5.53. The molecule has 0 saturated heterocycles. The molecule has 0 bridgehead atoms. The van der Waals surface area contributed by atoms with Crippen molar-refractivity contribution in [3.63, 3.8) is 0 Å². The average molecular weight is 336 g/mol. The number of carbonyl (C=O) groups is 1. The number of aryl methyl sites for hydroxylation is 1. The second kappa shape index (κ2) is 6.17. The summed E-state index contributed by atoms with van der Waals surface area (Å²) < 4.78 is 15.5. The molecule has 2 aromatic heterocycles. The molecule has 0 spiro atoms. The number of hydrogen-bond acceptors (Lipinski definition) is 5. The van der Waals surface area contributed by atoms with Crippen LogP contribution in [0, 0.1) is 31.0 Å². The zero-order chi connectivity index (χ0) is 18.1. The third kappa shape index (κ3) is 2.64. The fourth-order valence-corrected chi connectivity index (χ4v) is 2.73. The van der Waals surface area contributed by atoms with Crippen LogP contribution in [0.15, 0.2) is 30.6 Å². The Bertz CT molecular complexity index is 1020. The lowest BCUT2D eigenvalue weighted by molar-refractivity contribution is 0.112. The Morgan fingerprint density at radius 2 is 2.08 bits per heavy atom. The number of carbonyl (C=O) groups excluding carboxylic acids is 1. The molecule has 1 aromatic carbocycles. The molecule has 2 heterocycles. The fourth-order valence-electron chi connectivity index (χ4n) is 2.73. The van der Waals surface area contributed by atoms with Gasteiger partial charge in [-0.25, -0.2) is 9.37 Å². The van der Waals surface area contributed by atoms with E-state index in [1.54, 1.807) is 26.0 Å². The summed E-state index contributed by atoms with van der Waals surface area (Å²) in [4.78, 5) is 14.8. The third-order valence-electron chi connectivity index (χ3n) is 3.95. The number of aromatic hydroxyl groups is 1. The van der Waals surface area contributed by atoms with E-state index in [9.17, 15) is 14.3 Å². The van der Waals surface area contributed by atoms with E-state index in [0.717, 1.165) is 0 Å². The maximum Gasteiger partial charge on any atom is 0.223 e. The van der Waals surface area contributed by atoms with Crippen LogP contribution >= 0.6 is 0 Å². The predicted octanol–water partition coefficient (Wildman–Crippen LogP) is 3.08. The van der Waals surface area contributed by atoms with Crippen LogP contribution in [0.25, 0.3) is 16.9 Å². The molecule has 0 fully saturated rings. The molecular formula is C18H13FN4O2. The summed E-state index contributed by atoms with van der Waals surface area (Å²) in [7, 11) is 0. The van der Waals surface area contributed by atoms with E-state index in [-0.39, 0.29) is 17.0 Å². The normalized spacial score (nSPS) is 10.5. The molecule has 25 heavy (non-hydrogen) atoms. The Labute approximate surface area is 142 Å². The van der Waals surface area contributed by atoms with Crippen molar-refractivity contribution >= 4 is 6.29 Å². The Morgan fingerprint density at radius 1 is 1.32 bits per heavy atom. The molecule has 3 rings (SSSR count). The second-order valence-electron chi connectivity index (χ2n) is 5.53. The number of nitrogens with zero attached hydrogens (tertiary/aromatic N) is 4. The van der Waals surface area contributed by atoms with Crippen LogP contribution in [-0.2, 0) is 0 Å². The number of halogens is 1. The minimum absolute atomic E-state index is 0.0447. The van der Waals surface area contributed by atoms with Crippen LogP contribution < -0.4 is 0 Å². The van der Waals surface area contributed by atoms with Crippen molar-refractivity contribution in [3.05, 3.63) is 58.7 Å². The highest BCUT2D eigenvalue weighted by atomic mass is 19.1. The van der Waals surface area contributed by atoms with E-state index in [1.165, 1.54) is 23.1 Å². The predicted molar refractivity (Wildman–Crippen MR) is 88.0 cm³/mol. The van der Waals surface area contributed by atoms with Gasteiger partial charge in [0.15, 0.2) is 12.1 Å². The first-order valence-corrected chi connectivity index (χ1v) is 7.36. The molecule has 0 atom stereocenters. The number of benzene rings is 1. The molecule has 1 N–H and O–H groups in total. The van der Waals surface area contributed by atoms with Gasteiger partial charge in [0.2, 0.25) is 5.88 Å². The Hall–Kier alpha value is -3.53. The largest absolute Gasteiger partial charge is 0.493 e. The van der Waals surface area contributed by atoms with Crippen LogP contribution in [-0.4, -0.2) is 26.2 Å². The van der Waals surface area contributed by atoms with Gasteiger partial charge < -0.3 is 5.11 Å². The van der Waals surface area contributed by atoms with Gasteiger partial charge in [0.05, 0.1) is 17.3 Å². The SMILES string of the molecule is Cc1cc(C#N)c(F)c(C)c1-c1cnn(-c2ccc(C=O)cn2)c1O. The Morgan fingerprint density at radius 3 is 2.68 bits per heavy atom. The minimum Gasteiger partial charge on any atom is -0.493 e. The molecule has 124 valence electrons. The quantitative estimate of drug-likeness (QED) is 0.742. The van der Waals surface area contributed by atoms with E-state index < -0.39 is 5.82 Å². The maximum atomic E-state index is 14.3. The van der Waals surface area contributed by atoms with Crippen LogP contribution in [0.5, 0.6) is 5.88 Å². The molecule has 3 aromatic rings. The molecule has 0 amide bonds. The van der Waals surface area contributed by atoms with Gasteiger partial charge in [-0.3, -0.25) is 4.79 Å². The summed E-state index contributed by atoms with van der Waals surface area (Å²) in [5.74, 6) is -0.510. The number of hydrogen-bond donors (Lipinski definition) is 1. The molecule has 0 aliphatic carbocycles. The summed E-state index contributed by atoms with van der Waals surface area (Å²) in [6.07, 6.45) is 3.43. The van der Waals surface area contributed by atoms with Crippen molar-refractivity contribution in [3.8, 4) is 28.9 Å². The molecule has 0 saturated carbocycles. The highest BCUT2D eigenvalue weighted by Crippen LogP contribution is 2.36. The van der Waals surface area contributed by atoms with Crippen molar-refractivity contribution in [2.45, 2.75) is 13.8 Å². The van der Waals surface area contributed by atoms with Gasteiger partial charge in [-0.15, -0.1) is 0 Å². The minimum atomic E-state index is -0.622. The van der Waals surface area contributed by atoms with E-state index in [2.05, 4.69) is 10.1 Å². The highest BCUT2D eigenvalue weighted by molar-refractivity contribution is 5.76. The Kier molecular flexibility index (Phi) is 4.03. The zero-order valence-electron chi connectivity index (χ0n) is 13.5. The van der Waals surface area contributed by atoms with Gasteiger partial charge in [-0.05, 0) is 48.7 Å². The lowest BCUT2D eigenvalue weighted by atomic mass is 9.94. The average Bonchev–Trinajstić information content (AvgIpc) is 2.99. The van der Waals surface area contributed by atoms with Gasteiger partial charge in [-0.2, -0.15) is 15.0 Å². The standard InChI is InChI=1S/C18H13FN4O2/c1-10-5-13(6-20)17(19)11(2)16(10)14-8-22-23(18(14)25)15-4-3-12(9-24)7-21-15/h3-5,7-9,25H,1-2H3. The smallest absolute Gasteiger partial charge is 0.223 e. The van der Waals surface area contributed by atoms with Gasteiger partial charge in [0.1, 0.15) is 11.9 Å². The summed E-state index contributed by atoms with van der Waals surface area (Å²) in [5, 5.41) is 23.6. The first kappa shape index (κ1) is 16.3. The van der Waals surface area contributed by atoms with Crippen molar-refractivity contribution in [2.24, 2.45) is 0 Å². The number of aldehydes is 1. The molecule has 0 unspecified atom stereocenters. The summed E-state index contributed by atoms with van der Waals surface area (Å²) in [6, 6.07) is 6.34. The summed E-state index contributed by atoms with van der Waals surface area (Å²) in [5.41, 5.74) is 2.07. The molecule has 7 heteroatoms. The van der Waals surface area contributed by atoms with Crippen LogP contribution in [0.3, 0.4) is 0 Å². The van der Waals surface area contributed by atoms with Gasteiger partial charge in [0, 0.05) is 11.8 Å². The first-order valence-electron chi connectivity index (χ1n) is 7.36. The summed E-state index contributed by atoms with van der Waals surface area (Å²) in [6.45, 7) is 3.28. The van der Waals surface area contributed by atoms with Crippen molar-refractivity contribution in [1.82, 2.24) is 14.8 Å².